The van der Waals surface area contributed by atoms with Gasteiger partial charge < -0.3 is 5.32 Å². The largest absolute Gasteiger partial charge is 0.332 e. The van der Waals surface area contributed by atoms with Crippen molar-refractivity contribution in [3.63, 3.8) is 0 Å². The van der Waals surface area contributed by atoms with Gasteiger partial charge in [-0.1, -0.05) is 25.5 Å². The molecule has 7 heteroatoms. The third-order valence-electron chi connectivity index (χ3n) is 4.22. The number of anilines is 1. The molecule has 1 fully saturated rings. The fourth-order valence-electron chi connectivity index (χ4n) is 2.96. The van der Waals surface area contributed by atoms with Crippen LogP contribution in [0.3, 0.4) is 0 Å². The zero-order valence-electron chi connectivity index (χ0n) is 14.7. The van der Waals surface area contributed by atoms with Crippen molar-refractivity contribution < 1.29 is 8.42 Å². The molecule has 0 aromatic heterocycles. The van der Waals surface area contributed by atoms with Crippen molar-refractivity contribution in [2.24, 2.45) is 0 Å². The molecule has 0 radical (unpaired) electrons. The first-order valence-corrected chi connectivity index (χ1v) is 10.6. The maximum absolute atomic E-state index is 11.8. The second-order valence-electron chi connectivity index (χ2n) is 6.48. The normalized spacial score (nSPS) is 19.4. The van der Waals surface area contributed by atoms with Crippen molar-refractivity contribution in [2.75, 3.05) is 30.9 Å². The summed E-state index contributed by atoms with van der Waals surface area (Å²) in [5.74, 6) is 0.389. The molecule has 2 rings (SSSR count). The lowest BCUT2D eigenvalue weighted by atomic mass is 10.1. The third-order valence-corrected chi connectivity index (χ3v) is 6.26. The van der Waals surface area contributed by atoms with Gasteiger partial charge in [-0.3, -0.25) is 5.01 Å². The van der Waals surface area contributed by atoms with Gasteiger partial charge in [0, 0.05) is 19.8 Å². The minimum Gasteiger partial charge on any atom is -0.332 e. The molecule has 1 atom stereocenters. The highest BCUT2D eigenvalue weighted by Crippen LogP contribution is 2.20. The summed E-state index contributed by atoms with van der Waals surface area (Å²) >= 11 is 5.53. The van der Waals surface area contributed by atoms with Crippen molar-refractivity contribution in [1.82, 2.24) is 10.0 Å². The van der Waals surface area contributed by atoms with Crippen LogP contribution in [0.5, 0.6) is 0 Å². The Morgan fingerprint density at radius 1 is 1.29 bits per heavy atom. The number of unbranched alkanes of at least 4 members (excludes halogenated alkanes) is 1. The number of thiocarbonyl (C=S) groups is 1. The Morgan fingerprint density at radius 3 is 2.46 bits per heavy atom. The Hall–Kier alpha value is -1.18. The van der Waals surface area contributed by atoms with E-state index in [0.29, 0.717) is 11.5 Å². The number of aryl methyl sites for hydroxylation is 1. The summed E-state index contributed by atoms with van der Waals surface area (Å²) in [6.45, 7) is 2.19. The Bertz CT molecular complexity index is 657. The number of benzene rings is 1. The van der Waals surface area contributed by atoms with Crippen molar-refractivity contribution in [1.29, 1.82) is 0 Å². The van der Waals surface area contributed by atoms with Crippen LogP contribution in [0, 0.1) is 0 Å². The molecular weight excluding hydrogens is 342 g/mol. The van der Waals surface area contributed by atoms with Gasteiger partial charge >= 0.3 is 0 Å². The van der Waals surface area contributed by atoms with Crippen LogP contribution in [0.4, 0.5) is 5.69 Å². The topological polar surface area (TPSA) is 52.7 Å². The third kappa shape index (κ3) is 5.16. The van der Waals surface area contributed by atoms with Crippen LogP contribution in [0.15, 0.2) is 24.3 Å². The minimum atomic E-state index is -2.95. The van der Waals surface area contributed by atoms with E-state index in [4.69, 9.17) is 12.2 Å². The number of nitrogens with one attached hydrogen (secondary N) is 1. The average molecular weight is 370 g/mol. The van der Waals surface area contributed by atoms with E-state index in [1.165, 1.54) is 18.4 Å². The quantitative estimate of drug-likeness (QED) is 0.615. The van der Waals surface area contributed by atoms with E-state index >= 15 is 0 Å². The van der Waals surface area contributed by atoms with E-state index in [-0.39, 0.29) is 17.5 Å². The first-order chi connectivity index (χ1) is 11.3. The number of sulfone groups is 1. The van der Waals surface area contributed by atoms with Crippen molar-refractivity contribution in [2.45, 2.75) is 38.6 Å². The first kappa shape index (κ1) is 19.1. The Labute approximate surface area is 150 Å². The monoisotopic (exact) mass is 369 g/mol. The number of hydrogen-bond donors (Lipinski definition) is 1. The van der Waals surface area contributed by atoms with Crippen molar-refractivity contribution >= 4 is 32.9 Å². The second-order valence-corrected chi connectivity index (χ2v) is 9.09. The highest BCUT2D eigenvalue weighted by Gasteiger charge is 2.34. The van der Waals surface area contributed by atoms with E-state index in [2.05, 4.69) is 24.4 Å². The molecule has 0 unspecified atom stereocenters. The summed E-state index contributed by atoms with van der Waals surface area (Å²) in [5, 5.41) is 7.49. The van der Waals surface area contributed by atoms with Gasteiger partial charge in [0.1, 0.15) is 0 Å². The van der Waals surface area contributed by atoms with Crippen LogP contribution in [0.2, 0.25) is 0 Å². The average Bonchev–Trinajstić information content (AvgIpc) is 2.86. The number of rotatable bonds is 6. The Morgan fingerprint density at radius 2 is 1.96 bits per heavy atom. The van der Waals surface area contributed by atoms with Crippen LogP contribution in [-0.2, 0) is 16.3 Å². The molecule has 0 bridgehead atoms. The molecule has 0 spiro atoms. The van der Waals surface area contributed by atoms with Crippen LogP contribution >= 0.6 is 12.2 Å². The fourth-order valence-corrected chi connectivity index (χ4v) is 5.08. The van der Waals surface area contributed by atoms with Crippen LogP contribution in [0.1, 0.15) is 31.7 Å². The van der Waals surface area contributed by atoms with Crippen LogP contribution < -0.4 is 5.32 Å². The summed E-state index contributed by atoms with van der Waals surface area (Å²) in [4.78, 5) is 0. The van der Waals surface area contributed by atoms with E-state index in [1.54, 1.807) is 0 Å². The Kier molecular flexibility index (Phi) is 6.60. The predicted octanol–water partition coefficient (Wildman–Crippen LogP) is 2.69. The smallest absolute Gasteiger partial charge is 0.188 e. The van der Waals surface area contributed by atoms with E-state index < -0.39 is 9.84 Å². The van der Waals surface area contributed by atoms with Gasteiger partial charge in [-0.25, -0.2) is 13.4 Å². The van der Waals surface area contributed by atoms with Crippen molar-refractivity contribution in [3.8, 4) is 0 Å². The first-order valence-electron chi connectivity index (χ1n) is 8.39. The zero-order chi connectivity index (χ0) is 17.7. The number of hydrazine groups is 1. The molecule has 5 nitrogen and oxygen atoms in total. The summed E-state index contributed by atoms with van der Waals surface area (Å²) in [6.07, 6.45) is 4.07. The lowest BCUT2D eigenvalue weighted by molar-refractivity contribution is 0.0757. The zero-order valence-corrected chi connectivity index (χ0v) is 16.3. The molecule has 1 aromatic rings. The van der Waals surface area contributed by atoms with E-state index in [0.717, 1.165) is 12.1 Å². The molecule has 24 heavy (non-hydrogen) atoms. The Balaban J connectivity index is 2.03. The lowest BCUT2D eigenvalue weighted by Crippen LogP contribution is -2.51. The van der Waals surface area contributed by atoms with E-state index in [1.807, 2.05) is 36.2 Å². The molecular formula is C17H27N3O2S2. The summed E-state index contributed by atoms with van der Waals surface area (Å²) in [5.41, 5.74) is 2.24. The molecule has 1 aliphatic rings. The van der Waals surface area contributed by atoms with Gasteiger partial charge in [0.05, 0.1) is 17.5 Å². The summed E-state index contributed by atoms with van der Waals surface area (Å²) in [6, 6.07) is 8.17. The van der Waals surface area contributed by atoms with E-state index in [9.17, 15) is 8.42 Å². The predicted molar refractivity (Wildman–Crippen MR) is 104 cm³/mol. The van der Waals surface area contributed by atoms with Gasteiger partial charge in [-0.05, 0) is 49.2 Å². The fraction of sp³-hybridized carbons (Fsp3) is 0.588. The van der Waals surface area contributed by atoms with Gasteiger partial charge in [0.2, 0.25) is 0 Å². The standard InChI is InChI=1S/C17H27N3O2S2/c1-4-5-6-14-7-9-15(10-8-14)18-17(23)20(19(2)3)16-11-12-24(21,22)13-16/h7-10,16H,4-6,11-13H2,1-3H3,(H,18,23)/t16-/m0/s1. The number of nitrogens with zero attached hydrogens (tertiary/aromatic N) is 2. The van der Waals surface area contributed by atoms with Gasteiger partial charge in [-0.2, -0.15) is 0 Å². The second kappa shape index (κ2) is 8.27. The molecule has 1 saturated heterocycles. The minimum absolute atomic E-state index is 0.103. The molecule has 1 N–H and O–H groups in total. The molecule has 0 aliphatic carbocycles. The SMILES string of the molecule is CCCCc1ccc(NC(=S)N([C@H]2CCS(=O)(=O)C2)N(C)C)cc1. The molecule has 134 valence electrons. The molecule has 0 amide bonds. The van der Waals surface area contributed by atoms with Crippen molar-refractivity contribution in [3.05, 3.63) is 29.8 Å². The maximum Gasteiger partial charge on any atom is 0.188 e. The van der Waals surface area contributed by atoms with Gasteiger partial charge in [0.15, 0.2) is 14.9 Å². The van der Waals surface area contributed by atoms with Gasteiger partial charge in [0.25, 0.3) is 0 Å². The van der Waals surface area contributed by atoms with Gasteiger partial charge in [-0.15, -0.1) is 0 Å². The lowest BCUT2D eigenvalue weighted by Gasteiger charge is -2.36. The summed E-state index contributed by atoms with van der Waals surface area (Å²) < 4.78 is 23.5. The molecule has 0 saturated carbocycles. The number of hydrogen-bond acceptors (Lipinski definition) is 4. The molecule has 1 heterocycles. The van der Waals surface area contributed by atoms with Crippen LogP contribution in [-0.4, -0.2) is 55.2 Å². The highest BCUT2D eigenvalue weighted by atomic mass is 32.2. The molecule has 1 aliphatic heterocycles. The van der Waals surface area contributed by atoms with Crippen LogP contribution in [0.25, 0.3) is 0 Å². The summed E-state index contributed by atoms with van der Waals surface area (Å²) in [7, 11) is 0.813. The maximum atomic E-state index is 11.8. The molecule has 1 aromatic carbocycles. The highest BCUT2D eigenvalue weighted by molar-refractivity contribution is 7.91.